The van der Waals surface area contributed by atoms with E-state index in [0.717, 1.165) is 14.5 Å². The van der Waals surface area contributed by atoms with Gasteiger partial charge in [0.15, 0.2) is 0 Å². The molecular formula is C13H11Br2ClS. The van der Waals surface area contributed by atoms with Gasteiger partial charge in [0.25, 0.3) is 0 Å². The first-order chi connectivity index (χ1) is 7.99. The van der Waals surface area contributed by atoms with Crippen molar-refractivity contribution in [1.29, 1.82) is 0 Å². The summed E-state index contributed by atoms with van der Waals surface area (Å²) in [6.07, 6.45) is 0. The third-order valence-corrected chi connectivity index (χ3v) is 6.31. The number of thiophene rings is 1. The van der Waals surface area contributed by atoms with E-state index in [1.54, 1.807) is 11.3 Å². The van der Waals surface area contributed by atoms with Gasteiger partial charge in [0.1, 0.15) is 0 Å². The van der Waals surface area contributed by atoms with Gasteiger partial charge in [-0.25, -0.2) is 0 Å². The van der Waals surface area contributed by atoms with Crippen LogP contribution in [0.15, 0.2) is 33.2 Å². The van der Waals surface area contributed by atoms with E-state index >= 15 is 0 Å². The number of halogens is 3. The second-order valence-electron chi connectivity index (χ2n) is 3.92. The smallest absolute Gasteiger partial charge is 0.0928 e. The Morgan fingerprint density at radius 1 is 1.12 bits per heavy atom. The highest BCUT2D eigenvalue weighted by Crippen LogP contribution is 2.38. The van der Waals surface area contributed by atoms with Gasteiger partial charge in [-0.3, -0.25) is 0 Å². The van der Waals surface area contributed by atoms with Crippen LogP contribution in [0, 0.1) is 13.8 Å². The molecule has 0 aliphatic carbocycles. The standard InChI is InChI=1S/C13H11Br2ClS/c1-7-5-9(3-4-10(7)14)13(16)12-6-11(15)8(2)17-12/h3-6,13H,1-2H3. The molecule has 2 rings (SSSR count). The van der Waals surface area contributed by atoms with Gasteiger partial charge in [-0.2, -0.15) is 0 Å². The number of hydrogen-bond acceptors (Lipinski definition) is 1. The van der Waals surface area contributed by atoms with Crippen LogP contribution in [0.4, 0.5) is 0 Å². The third kappa shape index (κ3) is 2.95. The maximum atomic E-state index is 6.52. The first kappa shape index (κ1) is 13.6. The van der Waals surface area contributed by atoms with E-state index in [4.69, 9.17) is 11.6 Å². The number of alkyl halides is 1. The summed E-state index contributed by atoms with van der Waals surface area (Å²) in [7, 11) is 0. The molecule has 90 valence electrons. The molecule has 0 N–H and O–H groups in total. The molecule has 0 fully saturated rings. The van der Waals surface area contributed by atoms with E-state index in [1.165, 1.54) is 15.3 Å². The Morgan fingerprint density at radius 3 is 2.35 bits per heavy atom. The predicted molar refractivity (Wildman–Crippen MR) is 83.3 cm³/mol. The Morgan fingerprint density at radius 2 is 1.82 bits per heavy atom. The summed E-state index contributed by atoms with van der Waals surface area (Å²) in [5.74, 6) is 0. The number of aryl methyl sites for hydroxylation is 2. The lowest BCUT2D eigenvalue weighted by Gasteiger charge is -2.09. The van der Waals surface area contributed by atoms with Crippen molar-refractivity contribution in [3.05, 3.63) is 54.1 Å². The van der Waals surface area contributed by atoms with Crippen molar-refractivity contribution < 1.29 is 0 Å². The zero-order valence-corrected chi connectivity index (χ0v) is 14.2. The minimum atomic E-state index is -0.0724. The first-order valence-corrected chi connectivity index (χ1v) is 7.99. The van der Waals surface area contributed by atoms with Crippen LogP contribution < -0.4 is 0 Å². The van der Waals surface area contributed by atoms with Crippen LogP contribution in [0.1, 0.15) is 26.3 Å². The SMILES string of the molecule is Cc1cc(C(Cl)c2cc(Br)c(C)s2)ccc1Br. The van der Waals surface area contributed by atoms with Crippen LogP contribution in [-0.2, 0) is 0 Å². The van der Waals surface area contributed by atoms with Gasteiger partial charge >= 0.3 is 0 Å². The third-order valence-electron chi connectivity index (χ3n) is 2.60. The molecule has 0 radical (unpaired) electrons. The summed E-state index contributed by atoms with van der Waals surface area (Å²) in [5.41, 5.74) is 2.35. The molecule has 0 nitrogen and oxygen atoms in total. The van der Waals surface area contributed by atoms with E-state index in [2.05, 4.69) is 70.0 Å². The highest BCUT2D eigenvalue weighted by Gasteiger charge is 2.15. The van der Waals surface area contributed by atoms with Crippen molar-refractivity contribution in [2.45, 2.75) is 19.2 Å². The lowest BCUT2D eigenvalue weighted by atomic mass is 10.1. The van der Waals surface area contributed by atoms with E-state index < -0.39 is 0 Å². The summed E-state index contributed by atoms with van der Waals surface area (Å²) in [6, 6.07) is 8.35. The molecule has 0 aliphatic rings. The molecule has 0 bridgehead atoms. The van der Waals surface area contributed by atoms with Gasteiger partial charge in [0.2, 0.25) is 0 Å². The molecule has 1 unspecified atom stereocenters. The fourth-order valence-corrected chi connectivity index (χ4v) is 3.74. The normalized spacial score (nSPS) is 12.8. The molecule has 0 amide bonds. The molecule has 0 saturated heterocycles. The average molecular weight is 395 g/mol. The Hall–Kier alpha value is 0.170. The highest BCUT2D eigenvalue weighted by atomic mass is 79.9. The molecule has 0 spiro atoms. The molecule has 0 aliphatic heterocycles. The van der Waals surface area contributed by atoms with E-state index in [-0.39, 0.29) is 5.38 Å². The molecule has 1 aromatic heterocycles. The van der Waals surface area contributed by atoms with Gasteiger partial charge in [-0.1, -0.05) is 28.1 Å². The van der Waals surface area contributed by atoms with Gasteiger partial charge in [-0.15, -0.1) is 22.9 Å². The lowest BCUT2D eigenvalue weighted by molar-refractivity contribution is 1.17. The molecule has 1 aromatic carbocycles. The summed E-state index contributed by atoms with van der Waals surface area (Å²) in [6.45, 7) is 4.17. The van der Waals surface area contributed by atoms with Crippen LogP contribution in [0.3, 0.4) is 0 Å². The summed E-state index contributed by atoms with van der Waals surface area (Å²) in [4.78, 5) is 2.44. The largest absolute Gasteiger partial charge is 0.143 e. The zero-order chi connectivity index (χ0) is 12.6. The molecule has 2 aromatic rings. The molecular weight excluding hydrogens is 383 g/mol. The topological polar surface area (TPSA) is 0 Å². The van der Waals surface area contributed by atoms with Crippen LogP contribution in [0.5, 0.6) is 0 Å². The Bertz CT molecular complexity index is 529. The summed E-state index contributed by atoms with van der Waals surface area (Å²) >= 11 is 15.3. The molecule has 4 heteroatoms. The quantitative estimate of drug-likeness (QED) is 0.531. The van der Waals surface area contributed by atoms with Crippen molar-refractivity contribution >= 4 is 54.8 Å². The average Bonchev–Trinajstić information content (AvgIpc) is 2.62. The van der Waals surface area contributed by atoms with E-state index in [0.29, 0.717) is 0 Å². The fraction of sp³-hybridized carbons (Fsp3) is 0.231. The summed E-state index contributed by atoms with van der Waals surface area (Å²) in [5, 5.41) is -0.0724. The second-order valence-corrected chi connectivity index (χ2v) is 7.36. The fourth-order valence-electron chi connectivity index (χ4n) is 1.60. The van der Waals surface area contributed by atoms with Crippen LogP contribution in [0.2, 0.25) is 0 Å². The zero-order valence-electron chi connectivity index (χ0n) is 9.43. The minimum absolute atomic E-state index is 0.0724. The number of hydrogen-bond donors (Lipinski definition) is 0. The van der Waals surface area contributed by atoms with Gasteiger partial charge in [-0.05, 0) is 53.0 Å². The lowest BCUT2D eigenvalue weighted by Crippen LogP contribution is -1.91. The Kier molecular flexibility index (Phi) is 4.35. The maximum Gasteiger partial charge on any atom is 0.0928 e. The van der Waals surface area contributed by atoms with Crippen LogP contribution in [0.25, 0.3) is 0 Å². The maximum absolute atomic E-state index is 6.52. The van der Waals surface area contributed by atoms with Crippen LogP contribution in [-0.4, -0.2) is 0 Å². The molecule has 1 heterocycles. The summed E-state index contributed by atoms with van der Waals surface area (Å²) < 4.78 is 2.26. The van der Waals surface area contributed by atoms with Gasteiger partial charge < -0.3 is 0 Å². The van der Waals surface area contributed by atoms with Gasteiger partial charge in [0, 0.05) is 18.7 Å². The first-order valence-electron chi connectivity index (χ1n) is 5.15. The number of rotatable bonds is 2. The number of benzene rings is 1. The van der Waals surface area contributed by atoms with Crippen molar-refractivity contribution in [2.75, 3.05) is 0 Å². The predicted octanol–water partition coefficient (Wildman–Crippen LogP) is 6.22. The van der Waals surface area contributed by atoms with Gasteiger partial charge in [0.05, 0.1) is 5.38 Å². The van der Waals surface area contributed by atoms with Crippen LogP contribution >= 0.6 is 54.8 Å². The monoisotopic (exact) mass is 392 g/mol. The Balaban J connectivity index is 2.36. The van der Waals surface area contributed by atoms with Crippen molar-refractivity contribution in [3.63, 3.8) is 0 Å². The highest BCUT2D eigenvalue weighted by molar-refractivity contribution is 9.10. The molecule has 17 heavy (non-hydrogen) atoms. The van der Waals surface area contributed by atoms with E-state index in [9.17, 15) is 0 Å². The minimum Gasteiger partial charge on any atom is -0.143 e. The Labute approximate surface area is 127 Å². The van der Waals surface area contributed by atoms with Crippen molar-refractivity contribution in [2.24, 2.45) is 0 Å². The molecule has 1 atom stereocenters. The van der Waals surface area contributed by atoms with E-state index in [1.807, 2.05) is 0 Å². The van der Waals surface area contributed by atoms with Crippen molar-refractivity contribution in [3.8, 4) is 0 Å². The second kappa shape index (κ2) is 5.43. The molecule has 0 saturated carbocycles. The van der Waals surface area contributed by atoms with Crippen molar-refractivity contribution in [1.82, 2.24) is 0 Å².